The van der Waals surface area contributed by atoms with E-state index in [0.29, 0.717) is 31.9 Å². The summed E-state index contributed by atoms with van der Waals surface area (Å²) in [6, 6.07) is 9.92. The number of hydrogen-bond acceptors (Lipinski definition) is 5. The Morgan fingerprint density at radius 3 is 2.33 bits per heavy atom. The van der Waals surface area contributed by atoms with Gasteiger partial charge < -0.3 is 19.4 Å². The molecule has 0 unspecified atom stereocenters. The minimum absolute atomic E-state index is 0.0326. The summed E-state index contributed by atoms with van der Waals surface area (Å²) < 4.78 is 5.33. The molecule has 6 nitrogen and oxygen atoms in total. The first-order valence-corrected chi connectivity index (χ1v) is 9.66. The van der Waals surface area contributed by atoms with Gasteiger partial charge in [-0.2, -0.15) is 0 Å². The summed E-state index contributed by atoms with van der Waals surface area (Å²) >= 11 is 6.11. The van der Waals surface area contributed by atoms with Crippen LogP contribution < -0.4 is 9.80 Å². The number of ether oxygens (including phenoxy) is 1. The van der Waals surface area contributed by atoms with Crippen molar-refractivity contribution in [2.24, 2.45) is 0 Å². The number of carbonyl (C=O) groups is 1. The SMILES string of the molecule is O=C(c1cncc(N2CCN(c3cccc(Cl)c3)CC2)c1)N1CCOCC1. The van der Waals surface area contributed by atoms with Gasteiger partial charge in [-0.3, -0.25) is 9.78 Å². The fourth-order valence-electron chi connectivity index (χ4n) is 3.56. The van der Waals surface area contributed by atoms with Gasteiger partial charge in [0, 0.05) is 56.2 Å². The Morgan fingerprint density at radius 2 is 1.63 bits per heavy atom. The first kappa shape index (κ1) is 18.1. The summed E-state index contributed by atoms with van der Waals surface area (Å²) in [5.74, 6) is 0.0326. The van der Waals surface area contributed by atoms with Crippen LogP contribution in [0.5, 0.6) is 0 Å². The van der Waals surface area contributed by atoms with Gasteiger partial charge in [-0.05, 0) is 24.3 Å². The number of hydrogen-bond donors (Lipinski definition) is 0. The molecule has 1 aromatic carbocycles. The Balaban J connectivity index is 1.42. The number of nitrogens with zero attached hydrogens (tertiary/aromatic N) is 4. The van der Waals surface area contributed by atoms with Crippen molar-refractivity contribution in [2.45, 2.75) is 0 Å². The van der Waals surface area contributed by atoms with Crippen LogP contribution in [-0.4, -0.2) is 68.3 Å². The Hall–Kier alpha value is -2.31. The van der Waals surface area contributed by atoms with Crippen molar-refractivity contribution in [3.63, 3.8) is 0 Å². The highest BCUT2D eigenvalue weighted by Gasteiger charge is 2.22. The van der Waals surface area contributed by atoms with Crippen molar-refractivity contribution in [1.82, 2.24) is 9.88 Å². The summed E-state index contributed by atoms with van der Waals surface area (Å²) in [4.78, 5) is 23.5. The fourth-order valence-corrected chi connectivity index (χ4v) is 3.75. The van der Waals surface area contributed by atoms with Crippen LogP contribution in [-0.2, 0) is 4.74 Å². The number of rotatable bonds is 3. The van der Waals surface area contributed by atoms with Gasteiger partial charge in [0.2, 0.25) is 0 Å². The van der Waals surface area contributed by atoms with Crippen LogP contribution in [0.3, 0.4) is 0 Å². The number of piperazine rings is 1. The fraction of sp³-hybridized carbons (Fsp3) is 0.400. The second-order valence-electron chi connectivity index (χ2n) is 6.79. The quantitative estimate of drug-likeness (QED) is 0.811. The standard InChI is InChI=1S/C20H23ClN4O2/c21-17-2-1-3-18(13-17)23-4-6-24(7-5-23)19-12-16(14-22-15-19)20(26)25-8-10-27-11-9-25/h1-3,12-15H,4-11H2. The Labute approximate surface area is 164 Å². The lowest BCUT2D eigenvalue weighted by molar-refractivity contribution is 0.0302. The van der Waals surface area contributed by atoms with E-state index < -0.39 is 0 Å². The van der Waals surface area contributed by atoms with Crippen LogP contribution in [0.15, 0.2) is 42.7 Å². The summed E-state index contributed by atoms with van der Waals surface area (Å²) in [7, 11) is 0. The number of morpholine rings is 1. The van der Waals surface area contributed by atoms with Gasteiger partial charge in [0.25, 0.3) is 5.91 Å². The normalized spacial score (nSPS) is 17.9. The molecule has 0 radical (unpaired) electrons. The maximum atomic E-state index is 12.7. The molecule has 2 fully saturated rings. The monoisotopic (exact) mass is 386 g/mol. The molecule has 0 spiro atoms. The van der Waals surface area contributed by atoms with E-state index in [4.69, 9.17) is 16.3 Å². The molecular formula is C20H23ClN4O2. The number of aromatic nitrogens is 1. The van der Waals surface area contributed by atoms with Gasteiger partial charge in [0.15, 0.2) is 0 Å². The molecule has 27 heavy (non-hydrogen) atoms. The molecule has 4 rings (SSSR count). The van der Waals surface area contributed by atoms with Crippen LogP contribution in [0.4, 0.5) is 11.4 Å². The molecule has 0 aliphatic carbocycles. The molecule has 1 amide bonds. The lowest BCUT2D eigenvalue weighted by Crippen LogP contribution is -2.46. The molecule has 2 aliphatic heterocycles. The average molecular weight is 387 g/mol. The highest BCUT2D eigenvalue weighted by molar-refractivity contribution is 6.30. The molecule has 0 saturated carbocycles. The zero-order valence-corrected chi connectivity index (χ0v) is 15.9. The highest BCUT2D eigenvalue weighted by atomic mass is 35.5. The van der Waals surface area contributed by atoms with Crippen molar-refractivity contribution >= 4 is 28.9 Å². The number of benzene rings is 1. The molecule has 7 heteroatoms. The smallest absolute Gasteiger partial charge is 0.255 e. The van der Waals surface area contributed by atoms with Gasteiger partial charge in [-0.1, -0.05) is 17.7 Å². The summed E-state index contributed by atoms with van der Waals surface area (Å²) in [6.07, 6.45) is 3.49. The first-order valence-electron chi connectivity index (χ1n) is 9.28. The number of halogens is 1. The molecule has 142 valence electrons. The molecule has 3 heterocycles. The van der Waals surface area contributed by atoms with E-state index in [1.807, 2.05) is 35.4 Å². The van der Waals surface area contributed by atoms with Gasteiger partial charge in [0.1, 0.15) is 0 Å². The third kappa shape index (κ3) is 4.17. The summed E-state index contributed by atoms with van der Waals surface area (Å²) in [5.41, 5.74) is 2.79. The van der Waals surface area contributed by atoms with Crippen LogP contribution >= 0.6 is 11.6 Å². The lowest BCUT2D eigenvalue weighted by atomic mass is 10.2. The Kier molecular flexibility index (Phi) is 5.45. The van der Waals surface area contributed by atoms with E-state index in [2.05, 4.69) is 20.9 Å². The van der Waals surface area contributed by atoms with Gasteiger partial charge in [-0.25, -0.2) is 0 Å². The van der Waals surface area contributed by atoms with Crippen LogP contribution in [0.25, 0.3) is 0 Å². The van der Waals surface area contributed by atoms with E-state index in [-0.39, 0.29) is 5.91 Å². The largest absolute Gasteiger partial charge is 0.378 e. The topological polar surface area (TPSA) is 48.9 Å². The number of carbonyl (C=O) groups excluding carboxylic acids is 1. The molecule has 2 saturated heterocycles. The Bertz CT molecular complexity index is 802. The molecule has 0 atom stereocenters. The number of anilines is 2. The number of amides is 1. The zero-order valence-electron chi connectivity index (χ0n) is 15.2. The molecule has 1 aromatic heterocycles. The third-order valence-corrected chi connectivity index (χ3v) is 5.32. The van der Waals surface area contributed by atoms with Crippen LogP contribution in [0, 0.1) is 0 Å². The maximum Gasteiger partial charge on any atom is 0.255 e. The van der Waals surface area contributed by atoms with Crippen molar-refractivity contribution in [3.05, 3.63) is 53.3 Å². The molecule has 0 N–H and O–H groups in total. The average Bonchev–Trinajstić information content (AvgIpc) is 2.74. The van der Waals surface area contributed by atoms with Crippen LogP contribution in [0.2, 0.25) is 5.02 Å². The lowest BCUT2D eigenvalue weighted by Gasteiger charge is -2.37. The van der Waals surface area contributed by atoms with E-state index >= 15 is 0 Å². The van der Waals surface area contributed by atoms with Crippen LogP contribution in [0.1, 0.15) is 10.4 Å². The van der Waals surface area contributed by atoms with E-state index in [1.165, 1.54) is 0 Å². The molecule has 2 aromatic rings. The minimum atomic E-state index is 0.0326. The highest BCUT2D eigenvalue weighted by Crippen LogP contribution is 2.23. The van der Waals surface area contributed by atoms with E-state index in [1.54, 1.807) is 6.20 Å². The second kappa shape index (κ2) is 8.15. The van der Waals surface area contributed by atoms with E-state index in [0.717, 1.165) is 42.6 Å². The number of pyridine rings is 1. The summed E-state index contributed by atoms with van der Waals surface area (Å²) in [5, 5.41) is 0.758. The van der Waals surface area contributed by atoms with Gasteiger partial charge in [0.05, 0.1) is 30.7 Å². The predicted molar refractivity (Wildman–Crippen MR) is 107 cm³/mol. The second-order valence-corrected chi connectivity index (χ2v) is 7.23. The Morgan fingerprint density at radius 1 is 0.926 bits per heavy atom. The molecule has 2 aliphatic rings. The molecule has 0 bridgehead atoms. The van der Waals surface area contributed by atoms with Crippen molar-refractivity contribution in [2.75, 3.05) is 62.3 Å². The summed E-state index contributed by atoms with van der Waals surface area (Å²) in [6.45, 7) is 6.05. The zero-order chi connectivity index (χ0) is 18.6. The third-order valence-electron chi connectivity index (χ3n) is 5.09. The first-order chi connectivity index (χ1) is 13.2. The van der Waals surface area contributed by atoms with Crippen molar-refractivity contribution in [3.8, 4) is 0 Å². The molecular weight excluding hydrogens is 364 g/mol. The van der Waals surface area contributed by atoms with Gasteiger partial charge in [-0.15, -0.1) is 0 Å². The predicted octanol–water partition coefficient (Wildman–Crippen LogP) is 2.53. The van der Waals surface area contributed by atoms with E-state index in [9.17, 15) is 4.79 Å². The maximum absolute atomic E-state index is 12.7. The van der Waals surface area contributed by atoms with Gasteiger partial charge >= 0.3 is 0 Å². The minimum Gasteiger partial charge on any atom is -0.378 e. The van der Waals surface area contributed by atoms with Crippen molar-refractivity contribution < 1.29 is 9.53 Å². The van der Waals surface area contributed by atoms with Crippen molar-refractivity contribution in [1.29, 1.82) is 0 Å².